The lowest BCUT2D eigenvalue weighted by Gasteiger charge is -2.34. The molecule has 1 aliphatic carbocycles. The topological polar surface area (TPSA) is 70.7 Å². The molecule has 1 aromatic carbocycles. The van der Waals surface area contributed by atoms with Gasteiger partial charge in [-0.2, -0.15) is 13.2 Å². The van der Waals surface area contributed by atoms with E-state index in [0.717, 1.165) is 37.8 Å². The normalized spacial score (nSPS) is 18.7. The maximum atomic E-state index is 12.6. The lowest BCUT2D eigenvalue weighted by atomic mass is 9.95. The number of ether oxygens (including phenoxy) is 1. The molecule has 2 N–H and O–H groups in total. The first kappa shape index (κ1) is 22.2. The number of carbonyl (C=O) groups excluding carboxylic acids is 2. The maximum absolute atomic E-state index is 12.6. The molecule has 1 aromatic rings. The highest BCUT2D eigenvalue weighted by molar-refractivity contribution is 5.78. The van der Waals surface area contributed by atoms with Crippen LogP contribution in [0.2, 0.25) is 0 Å². The van der Waals surface area contributed by atoms with Gasteiger partial charge in [0.05, 0.1) is 5.56 Å². The van der Waals surface area contributed by atoms with E-state index in [-0.39, 0.29) is 36.4 Å². The molecule has 0 bridgehead atoms. The molecule has 166 valence electrons. The van der Waals surface area contributed by atoms with E-state index in [4.69, 9.17) is 4.74 Å². The molecule has 1 heterocycles. The monoisotopic (exact) mass is 427 g/mol. The minimum Gasteiger partial charge on any atom is -0.484 e. The third-order valence-electron chi connectivity index (χ3n) is 5.63. The maximum Gasteiger partial charge on any atom is 0.416 e. The number of rotatable bonds is 5. The molecule has 0 aromatic heterocycles. The summed E-state index contributed by atoms with van der Waals surface area (Å²) in [6.07, 6.45) is 2.54. The van der Waals surface area contributed by atoms with E-state index in [1.165, 1.54) is 18.6 Å². The predicted molar refractivity (Wildman–Crippen MR) is 105 cm³/mol. The zero-order valence-electron chi connectivity index (χ0n) is 16.8. The van der Waals surface area contributed by atoms with Gasteiger partial charge in [0.2, 0.25) is 0 Å². The molecule has 0 radical (unpaired) electrons. The van der Waals surface area contributed by atoms with Gasteiger partial charge in [-0.1, -0.05) is 19.3 Å². The number of alkyl halides is 3. The molecule has 0 unspecified atom stereocenters. The van der Waals surface area contributed by atoms with Crippen molar-refractivity contribution in [2.75, 3.05) is 19.7 Å². The Morgan fingerprint density at radius 2 is 1.53 bits per heavy atom. The fourth-order valence-corrected chi connectivity index (χ4v) is 3.90. The van der Waals surface area contributed by atoms with Crippen molar-refractivity contribution in [3.63, 3.8) is 0 Å². The second-order valence-electron chi connectivity index (χ2n) is 7.92. The van der Waals surface area contributed by atoms with E-state index in [2.05, 4.69) is 10.6 Å². The van der Waals surface area contributed by atoms with Gasteiger partial charge >= 0.3 is 12.2 Å². The number of piperidine rings is 1. The Labute approximate surface area is 174 Å². The zero-order chi connectivity index (χ0) is 21.6. The van der Waals surface area contributed by atoms with Crippen LogP contribution in [-0.2, 0) is 11.0 Å². The van der Waals surface area contributed by atoms with Crippen molar-refractivity contribution in [1.82, 2.24) is 15.5 Å². The molecular weight excluding hydrogens is 399 g/mol. The average molecular weight is 427 g/mol. The van der Waals surface area contributed by atoms with Crippen LogP contribution in [0.5, 0.6) is 5.75 Å². The summed E-state index contributed by atoms with van der Waals surface area (Å²) in [5.74, 6) is -0.132. The molecule has 1 aliphatic heterocycles. The molecule has 9 heteroatoms. The Kier molecular flexibility index (Phi) is 7.44. The Morgan fingerprint density at radius 3 is 2.13 bits per heavy atom. The van der Waals surface area contributed by atoms with Crippen LogP contribution in [0.3, 0.4) is 0 Å². The Balaban J connectivity index is 1.35. The van der Waals surface area contributed by atoms with Gasteiger partial charge in [0, 0.05) is 25.2 Å². The Bertz CT molecular complexity index is 710. The summed E-state index contributed by atoms with van der Waals surface area (Å²) in [6.45, 7) is 0.875. The summed E-state index contributed by atoms with van der Waals surface area (Å²) >= 11 is 0. The molecule has 30 heavy (non-hydrogen) atoms. The van der Waals surface area contributed by atoms with E-state index in [1.54, 1.807) is 4.90 Å². The lowest BCUT2D eigenvalue weighted by molar-refractivity contribution is -0.137. The van der Waals surface area contributed by atoms with Gasteiger partial charge in [-0.15, -0.1) is 0 Å². The van der Waals surface area contributed by atoms with E-state index < -0.39 is 11.7 Å². The molecule has 0 atom stereocenters. The van der Waals surface area contributed by atoms with Crippen LogP contribution in [0.1, 0.15) is 50.5 Å². The summed E-state index contributed by atoms with van der Waals surface area (Å²) < 4.78 is 42.9. The number of hydrogen-bond donors (Lipinski definition) is 2. The van der Waals surface area contributed by atoms with Crippen LogP contribution < -0.4 is 15.4 Å². The van der Waals surface area contributed by atoms with Crippen LogP contribution in [0.25, 0.3) is 0 Å². The fraction of sp³-hybridized carbons (Fsp3) is 0.619. The highest BCUT2D eigenvalue weighted by Crippen LogP contribution is 2.30. The van der Waals surface area contributed by atoms with E-state index in [9.17, 15) is 22.8 Å². The Morgan fingerprint density at radius 1 is 0.933 bits per heavy atom. The van der Waals surface area contributed by atoms with Crippen LogP contribution in [0.4, 0.5) is 18.0 Å². The molecule has 3 amide bonds. The number of hydrogen-bond acceptors (Lipinski definition) is 3. The van der Waals surface area contributed by atoms with Gasteiger partial charge < -0.3 is 20.3 Å². The highest BCUT2D eigenvalue weighted by Gasteiger charge is 2.30. The first-order valence-electron chi connectivity index (χ1n) is 10.5. The minimum atomic E-state index is -4.40. The fourth-order valence-electron chi connectivity index (χ4n) is 3.90. The highest BCUT2D eigenvalue weighted by atomic mass is 19.4. The third kappa shape index (κ3) is 6.53. The van der Waals surface area contributed by atoms with Crippen LogP contribution in [0, 0.1) is 0 Å². The molecule has 3 rings (SSSR count). The number of nitrogens with zero attached hydrogens (tertiary/aromatic N) is 1. The zero-order valence-corrected chi connectivity index (χ0v) is 16.8. The summed E-state index contributed by atoms with van der Waals surface area (Å²) in [4.78, 5) is 26.2. The van der Waals surface area contributed by atoms with Crippen molar-refractivity contribution in [2.24, 2.45) is 0 Å². The second-order valence-corrected chi connectivity index (χ2v) is 7.92. The summed E-state index contributed by atoms with van der Waals surface area (Å²) in [5.41, 5.74) is -0.765. The number of nitrogens with one attached hydrogen (secondary N) is 2. The quantitative estimate of drug-likeness (QED) is 0.753. The van der Waals surface area contributed by atoms with Crippen molar-refractivity contribution >= 4 is 11.9 Å². The largest absolute Gasteiger partial charge is 0.484 e. The number of carbonyl (C=O) groups is 2. The van der Waals surface area contributed by atoms with Gasteiger partial charge in [0.25, 0.3) is 5.91 Å². The van der Waals surface area contributed by atoms with Crippen molar-refractivity contribution < 1.29 is 27.5 Å². The molecule has 6 nitrogen and oxygen atoms in total. The predicted octanol–water partition coefficient (Wildman–Crippen LogP) is 3.71. The van der Waals surface area contributed by atoms with Crippen molar-refractivity contribution in [2.45, 2.75) is 63.2 Å². The van der Waals surface area contributed by atoms with Gasteiger partial charge in [-0.05, 0) is 49.9 Å². The molecule has 0 spiro atoms. The second kappa shape index (κ2) is 10.0. The minimum absolute atomic E-state index is 0.0303. The summed E-state index contributed by atoms with van der Waals surface area (Å²) in [7, 11) is 0. The van der Waals surface area contributed by atoms with Crippen molar-refractivity contribution in [1.29, 1.82) is 0 Å². The summed E-state index contributed by atoms with van der Waals surface area (Å²) in [6, 6.07) is 4.41. The lowest BCUT2D eigenvalue weighted by Crippen LogP contribution is -2.51. The van der Waals surface area contributed by atoms with Crippen molar-refractivity contribution in [3.8, 4) is 5.75 Å². The van der Waals surface area contributed by atoms with Crippen molar-refractivity contribution in [3.05, 3.63) is 29.8 Å². The van der Waals surface area contributed by atoms with Crippen LogP contribution in [0.15, 0.2) is 24.3 Å². The van der Waals surface area contributed by atoms with Crippen LogP contribution in [-0.4, -0.2) is 48.6 Å². The Hall–Kier alpha value is -2.45. The molecular formula is C21H28F3N3O3. The number of halogens is 3. The van der Waals surface area contributed by atoms with Gasteiger partial charge in [0.15, 0.2) is 6.61 Å². The smallest absolute Gasteiger partial charge is 0.416 e. The van der Waals surface area contributed by atoms with E-state index >= 15 is 0 Å². The SMILES string of the molecule is O=C(COc1ccc(C(F)(F)F)cc1)NC1CCN(C(=O)NC2CCCCC2)CC1. The van der Waals surface area contributed by atoms with Gasteiger partial charge in [-0.3, -0.25) is 4.79 Å². The third-order valence-corrected chi connectivity index (χ3v) is 5.63. The number of urea groups is 1. The first-order chi connectivity index (χ1) is 14.3. The number of amides is 3. The van der Waals surface area contributed by atoms with Gasteiger partial charge in [-0.25, -0.2) is 4.79 Å². The summed E-state index contributed by atoms with van der Waals surface area (Å²) in [5, 5.41) is 5.97. The van der Waals surface area contributed by atoms with Crippen LogP contribution >= 0.6 is 0 Å². The standard InChI is InChI=1S/C21H28F3N3O3/c22-21(23,24)15-6-8-18(9-7-15)30-14-19(28)25-17-10-12-27(13-11-17)20(29)26-16-4-2-1-3-5-16/h6-9,16-17H,1-5,10-14H2,(H,25,28)(H,26,29). The molecule has 1 saturated carbocycles. The number of likely N-dealkylation sites (tertiary alicyclic amines) is 1. The first-order valence-corrected chi connectivity index (χ1v) is 10.5. The molecule has 2 aliphatic rings. The molecule has 1 saturated heterocycles. The average Bonchev–Trinajstić information content (AvgIpc) is 2.73. The van der Waals surface area contributed by atoms with E-state index in [0.29, 0.717) is 25.9 Å². The number of benzene rings is 1. The van der Waals surface area contributed by atoms with Gasteiger partial charge in [0.1, 0.15) is 5.75 Å². The van der Waals surface area contributed by atoms with E-state index in [1.807, 2.05) is 0 Å². The molecule has 2 fully saturated rings.